The number of nitrogens with zero attached hydrogens (tertiary/aromatic N) is 3. The van der Waals surface area contributed by atoms with Crippen molar-refractivity contribution in [2.45, 2.75) is 6.54 Å². The highest BCUT2D eigenvalue weighted by atomic mass is 19.1. The molecule has 3 aromatic rings. The Bertz CT molecular complexity index is 834. The van der Waals surface area contributed by atoms with Gasteiger partial charge in [-0.2, -0.15) is 5.10 Å². The van der Waals surface area contributed by atoms with Crippen LogP contribution < -0.4 is 10.6 Å². The molecule has 3 rings (SSSR count). The van der Waals surface area contributed by atoms with Crippen LogP contribution in [0.3, 0.4) is 0 Å². The molecule has 0 saturated heterocycles. The van der Waals surface area contributed by atoms with E-state index < -0.39 is 11.8 Å². The van der Waals surface area contributed by atoms with Crippen LogP contribution in [-0.4, -0.2) is 20.8 Å². The standard InChI is InChI=1S/C16H13F2N5O/c17-12-3-1-11(2-4-12)8-20-16(24)22-13-5-6-15(14(18)7-13)23-10-19-9-21-23/h1-7,9-10H,8H2,(H2,20,22,24). The molecular formula is C16H13F2N5O. The van der Waals surface area contributed by atoms with Gasteiger partial charge < -0.3 is 10.6 Å². The highest BCUT2D eigenvalue weighted by molar-refractivity contribution is 5.89. The molecule has 2 aromatic carbocycles. The number of hydrogen-bond acceptors (Lipinski definition) is 3. The summed E-state index contributed by atoms with van der Waals surface area (Å²) in [4.78, 5) is 15.6. The molecule has 0 saturated carbocycles. The summed E-state index contributed by atoms with van der Waals surface area (Å²) in [5.74, 6) is -0.886. The van der Waals surface area contributed by atoms with Crippen LogP contribution >= 0.6 is 0 Å². The topological polar surface area (TPSA) is 71.8 Å². The molecule has 1 heterocycles. The molecule has 0 aliphatic carbocycles. The first kappa shape index (κ1) is 15.6. The van der Waals surface area contributed by atoms with E-state index in [9.17, 15) is 13.6 Å². The highest BCUT2D eigenvalue weighted by Gasteiger charge is 2.08. The van der Waals surface area contributed by atoms with Crippen LogP contribution in [0.15, 0.2) is 55.1 Å². The van der Waals surface area contributed by atoms with E-state index >= 15 is 0 Å². The zero-order chi connectivity index (χ0) is 16.9. The summed E-state index contributed by atoms with van der Waals surface area (Å²) in [5, 5.41) is 8.98. The lowest BCUT2D eigenvalue weighted by atomic mass is 10.2. The van der Waals surface area contributed by atoms with Crippen molar-refractivity contribution in [1.29, 1.82) is 0 Å². The summed E-state index contributed by atoms with van der Waals surface area (Å²) in [7, 11) is 0. The summed E-state index contributed by atoms with van der Waals surface area (Å²) in [6.07, 6.45) is 2.68. The average molecular weight is 329 g/mol. The summed E-state index contributed by atoms with van der Waals surface area (Å²) in [6, 6.07) is 9.50. The Labute approximate surface area is 136 Å². The first-order chi connectivity index (χ1) is 11.6. The van der Waals surface area contributed by atoms with Crippen molar-refractivity contribution < 1.29 is 13.6 Å². The van der Waals surface area contributed by atoms with Crippen molar-refractivity contribution in [3.8, 4) is 5.69 Å². The number of hydrogen-bond donors (Lipinski definition) is 2. The third-order valence-corrected chi connectivity index (χ3v) is 3.24. The van der Waals surface area contributed by atoms with Gasteiger partial charge in [0.05, 0.1) is 0 Å². The molecule has 6 nitrogen and oxygen atoms in total. The van der Waals surface area contributed by atoms with E-state index in [1.165, 1.54) is 41.6 Å². The number of rotatable bonds is 4. The van der Waals surface area contributed by atoms with E-state index in [4.69, 9.17) is 0 Å². The van der Waals surface area contributed by atoms with Gasteiger partial charge in [0.1, 0.15) is 24.2 Å². The second-order valence-electron chi connectivity index (χ2n) is 4.94. The Kier molecular flexibility index (Phi) is 4.46. The van der Waals surface area contributed by atoms with E-state index in [-0.39, 0.29) is 18.0 Å². The van der Waals surface area contributed by atoms with E-state index in [1.54, 1.807) is 18.2 Å². The Balaban J connectivity index is 1.60. The van der Waals surface area contributed by atoms with Crippen LogP contribution in [0.4, 0.5) is 19.3 Å². The molecule has 122 valence electrons. The quantitative estimate of drug-likeness (QED) is 0.773. The number of halogens is 2. The Morgan fingerprint density at radius 3 is 2.58 bits per heavy atom. The number of aromatic nitrogens is 3. The predicted molar refractivity (Wildman–Crippen MR) is 83.6 cm³/mol. The predicted octanol–water partition coefficient (Wildman–Crippen LogP) is 2.87. The minimum atomic E-state index is -0.545. The number of nitrogens with one attached hydrogen (secondary N) is 2. The van der Waals surface area contributed by atoms with Crippen LogP contribution in [0.1, 0.15) is 5.56 Å². The van der Waals surface area contributed by atoms with Crippen molar-refractivity contribution in [3.05, 3.63) is 72.3 Å². The fraction of sp³-hybridized carbons (Fsp3) is 0.0625. The van der Waals surface area contributed by atoms with Crippen molar-refractivity contribution in [2.75, 3.05) is 5.32 Å². The zero-order valence-electron chi connectivity index (χ0n) is 12.4. The maximum absolute atomic E-state index is 14.1. The monoisotopic (exact) mass is 329 g/mol. The summed E-state index contributed by atoms with van der Waals surface area (Å²) in [5.41, 5.74) is 1.28. The lowest BCUT2D eigenvalue weighted by molar-refractivity contribution is 0.251. The van der Waals surface area contributed by atoms with E-state index in [2.05, 4.69) is 20.7 Å². The summed E-state index contributed by atoms with van der Waals surface area (Å²) in [6.45, 7) is 0.228. The first-order valence-corrected chi connectivity index (χ1v) is 7.05. The molecule has 0 fully saturated rings. The van der Waals surface area contributed by atoms with Crippen LogP contribution in [0.5, 0.6) is 0 Å². The number of anilines is 1. The first-order valence-electron chi connectivity index (χ1n) is 7.05. The zero-order valence-corrected chi connectivity index (χ0v) is 12.4. The molecule has 0 spiro atoms. The SMILES string of the molecule is O=C(NCc1ccc(F)cc1)Nc1ccc(-n2cncn2)c(F)c1. The summed E-state index contributed by atoms with van der Waals surface area (Å²) >= 11 is 0. The number of amides is 2. The molecule has 0 bridgehead atoms. The number of carbonyl (C=O) groups is 1. The van der Waals surface area contributed by atoms with Gasteiger partial charge in [-0.15, -0.1) is 0 Å². The van der Waals surface area contributed by atoms with Crippen molar-refractivity contribution in [3.63, 3.8) is 0 Å². The maximum Gasteiger partial charge on any atom is 0.319 e. The van der Waals surface area contributed by atoms with Gasteiger partial charge in [-0.05, 0) is 35.9 Å². The lowest BCUT2D eigenvalue weighted by Gasteiger charge is -2.09. The summed E-state index contributed by atoms with van der Waals surface area (Å²) < 4.78 is 28.1. The van der Waals surface area contributed by atoms with Gasteiger partial charge in [-0.1, -0.05) is 12.1 Å². The van der Waals surface area contributed by atoms with Crippen molar-refractivity contribution >= 4 is 11.7 Å². The molecule has 1 aromatic heterocycles. The lowest BCUT2D eigenvalue weighted by Crippen LogP contribution is -2.28. The Morgan fingerprint density at radius 1 is 1.12 bits per heavy atom. The maximum atomic E-state index is 14.1. The van der Waals surface area contributed by atoms with Gasteiger partial charge in [-0.3, -0.25) is 0 Å². The molecular weight excluding hydrogens is 316 g/mol. The van der Waals surface area contributed by atoms with E-state index in [0.717, 1.165) is 5.56 Å². The molecule has 0 unspecified atom stereocenters. The van der Waals surface area contributed by atoms with Crippen molar-refractivity contribution in [1.82, 2.24) is 20.1 Å². The van der Waals surface area contributed by atoms with Crippen LogP contribution in [-0.2, 0) is 6.54 Å². The van der Waals surface area contributed by atoms with Gasteiger partial charge in [0.2, 0.25) is 0 Å². The molecule has 0 radical (unpaired) electrons. The van der Waals surface area contributed by atoms with Gasteiger partial charge in [-0.25, -0.2) is 23.2 Å². The second kappa shape index (κ2) is 6.86. The smallest absolute Gasteiger partial charge is 0.319 e. The minimum Gasteiger partial charge on any atom is -0.334 e. The largest absolute Gasteiger partial charge is 0.334 e. The Morgan fingerprint density at radius 2 is 1.92 bits per heavy atom. The van der Waals surface area contributed by atoms with Crippen LogP contribution in [0, 0.1) is 11.6 Å². The average Bonchev–Trinajstić information content (AvgIpc) is 3.09. The van der Waals surface area contributed by atoms with Crippen LogP contribution in [0.2, 0.25) is 0 Å². The molecule has 0 atom stereocenters. The molecule has 8 heteroatoms. The van der Waals surface area contributed by atoms with Crippen molar-refractivity contribution in [2.24, 2.45) is 0 Å². The fourth-order valence-corrected chi connectivity index (χ4v) is 2.06. The van der Waals surface area contributed by atoms with Crippen LogP contribution in [0.25, 0.3) is 5.69 Å². The molecule has 2 amide bonds. The van der Waals surface area contributed by atoms with E-state index in [1.807, 2.05) is 0 Å². The number of urea groups is 1. The van der Waals surface area contributed by atoms with E-state index in [0.29, 0.717) is 5.69 Å². The number of benzene rings is 2. The molecule has 24 heavy (non-hydrogen) atoms. The molecule has 2 N–H and O–H groups in total. The van der Waals surface area contributed by atoms with Gasteiger partial charge >= 0.3 is 6.03 Å². The minimum absolute atomic E-state index is 0.227. The molecule has 0 aliphatic rings. The normalized spacial score (nSPS) is 10.4. The third kappa shape index (κ3) is 3.72. The fourth-order valence-electron chi connectivity index (χ4n) is 2.06. The third-order valence-electron chi connectivity index (χ3n) is 3.24. The molecule has 0 aliphatic heterocycles. The number of carbonyl (C=O) groups excluding carboxylic acids is 1. The second-order valence-corrected chi connectivity index (χ2v) is 4.94. The van der Waals surface area contributed by atoms with Gasteiger partial charge in [0.25, 0.3) is 0 Å². The van der Waals surface area contributed by atoms with Gasteiger partial charge in [0, 0.05) is 12.2 Å². The van der Waals surface area contributed by atoms with Gasteiger partial charge in [0.15, 0.2) is 5.82 Å². The Hall–Kier alpha value is -3.29. The highest BCUT2D eigenvalue weighted by Crippen LogP contribution is 2.17.